The molecular formula is C13H14N4O2. The molecule has 0 aromatic carbocycles. The molecule has 3 heterocycles. The van der Waals surface area contributed by atoms with Crippen LogP contribution in [-0.4, -0.2) is 29.0 Å². The zero-order valence-corrected chi connectivity index (χ0v) is 10.4. The van der Waals surface area contributed by atoms with Crippen molar-refractivity contribution in [1.29, 1.82) is 0 Å². The third-order valence-corrected chi connectivity index (χ3v) is 3.03. The number of nitrogens with one attached hydrogen (secondary N) is 1. The number of anilines is 2. The summed E-state index contributed by atoms with van der Waals surface area (Å²) in [6.45, 7) is 2.00. The molecule has 0 saturated carbocycles. The van der Waals surface area contributed by atoms with E-state index in [-0.39, 0.29) is 11.7 Å². The van der Waals surface area contributed by atoms with Gasteiger partial charge in [0.1, 0.15) is 0 Å². The minimum Gasteiger partial charge on any atom is -0.459 e. The van der Waals surface area contributed by atoms with E-state index in [2.05, 4.69) is 20.2 Å². The quantitative estimate of drug-likeness (QED) is 0.910. The molecule has 3 rings (SSSR count). The van der Waals surface area contributed by atoms with Crippen molar-refractivity contribution in [3.63, 3.8) is 0 Å². The number of hydrogen-bond acceptors (Lipinski definition) is 5. The van der Waals surface area contributed by atoms with Gasteiger partial charge in [0.05, 0.1) is 24.3 Å². The largest absolute Gasteiger partial charge is 0.459 e. The lowest BCUT2D eigenvalue weighted by atomic mass is 10.4. The highest BCUT2D eigenvalue weighted by atomic mass is 16.3. The lowest BCUT2D eigenvalue weighted by Crippen LogP contribution is -2.20. The van der Waals surface area contributed by atoms with Crippen LogP contribution in [0, 0.1) is 0 Å². The van der Waals surface area contributed by atoms with E-state index in [0.717, 1.165) is 13.1 Å². The van der Waals surface area contributed by atoms with Crippen LogP contribution in [0.1, 0.15) is 23.4 Å². The molecule has 0 unspecified atom stereocenters. The van der Waals surface area contributed by atoms with Crippen molar-refractivity contribution >= 4 is 17.5 Å². The van der Waals surface area contributed by atoms with Crippen molar-refractivity contribution < 1.29 is 9.21 Å². The lowest BCUT2D eigenvalue weighted by molar-refractivity contribution is 0.0996. The Hall–Kier alpha value is -2.37. The number of hydrogen-bond donors (Lipinski definition) is 1. The predicted octanol–water partition coefficient (Wildman–Crippen LogP) is 1.92. The lowest BCUT2D eigenvalue weighted by Gasteiger charge is -2.14. The maximum absolute atomic E-state index is 11.7. The average Bonchev–Trinajstić information content (AvgIpc) is 3.13. The van der Waals surface area contributed by atoms with E-state index in [1.54, 1.807) is 24.5 Å². The average molecular weight is 258 g/mol. The minimum atomic E-state index is -0.303. The van der Waals surface area contributed by atoms with Crippen LogP contribution in [0.3, 0.4) is 0 Å². The fourth-order valence-corrected chi connectivity index (χ4v) is 2.07. The molecule has 0 spiro atoms. The van der Waals surface area contributed by atoms with Gasteiger partial charge in [-0.1, -0.05) is 0 Å². The number of rotatable bonds is 3. The minimum absolute atomic E-state index is 0.267. The van der Waals surface area contributed by atoms with Gasteiger partial charge in [-0.2, -0.15) is 0 Å². The highest BCUT2D eigenvalue weighted by Gasteiger charge is 2.15. The topological polar surface area (TPSA) is 71.3 Å². The van der Waals surface area contributed by atoms with Gasteiger partial charge in [0, 0.05) is 13.1 Å². The van der Waals surface area contributed by atoms with E-state index in [1.165, 1.54) is 19.1 Å². The summed E-state index contributed by atoms with van der Waals surface area (Å²) in [5.41, 5.74) is 0.560. The second-order valence-electron chi connectivity index (χ2n) is 4.40. The molecule has 1 aliphatic heterocycles. The van der Waals surface area contributed by atoms with E-state index < -0.39 is 0 Å². The van der Waals surface area contributed by atoms with Crippen LogP contribution < -0.4 is 10.2 Å². The zero-order valence-electron chi connectivity index (χ0n) is 10.4. The maximum Gasteiger partial charge on any atom is 0.291 e. The Morgan fingerprint density at radius 3 is 2.63 bits per heavy atom. The first kappa shape index (κ1) is 11.7. The number of nitrogens with zero attached hydrogens (tertiary/aromatic N) is 3. The summed E-state index contributed by atoms with van der Waals surface area (Å²) in [4.78, 5) is 22.4. The molecule has 0 atom stereocenters. The van der Waals surface area contributed by atoms with Crippen molar-refractivity contribution in [3.8, 4) is 0 Å². The Balaban J connectivity index is 1.67. The third-order valence-electron chi connectivity index (χ3n) is 3.03. The summed E-state index contributed by atoms with van der Waals surface area (Å²) in [5.74, 6) is 0.680. The number of carbonyl (C=O) groups is 1. The number of furan rings is 1. The van der Waals surface area contributed by atoms with Crippen molar-refractivity contribution in [3.05, 3.63) is 36.5 Å². The highest BCUT2D eigenvalue weighted by Crippen LogP contribution is 2.16. The van der Waals surface area contributed by atoms with Crippen LogP contribution in [0.25, 0.3) is 0 Å². The molecule has 0 radical (unpaired) electrons. The van der Waals surface area contributed by atoms with Gasteiger partial charge in [-0.05, 0) is 25.0 Å². The van der Waals surface area contributed by atoms with Crippen LogP contribution in [0.2, 0.25) is 0 Å². The SMILES string of the molecule is O=C(Nc1cnc(N2CCCC2)nc1)c1ccco1. The predicted molar refractivity (Wildman–Crippen MR) is 70.1 cm³/mol. The van der Waals surface area contributed by atoms with Gasteiger partial charge in [-0.15, -0.1) is 0 Å². The van der Waals surface area contributed by atoms with Crippen LogP contribution in [0.15, 0.2) is 35.2 Å². The molecule has 2 aromatic heterocycles. The smallest absolute Gasteiger partial charge is 0.291 e. The van der Waals surface area contributed by atoms with Gasteiger partial charge in [0.25, 0.3) is 5.91 Å². The standard InChI is InChI=1S/C13H14N4O2/c18-12(11-4-3-7-19-11)16-10-8-14-13(15-9-10)17-5-1-2-6-17/h3-4,7-9H,1-2,5-6H2,(H,16,18). The molecule has 1 fully saturated rings. The molecule has 6 nitrogen and oxygen atoms in total. The Labute approximate surface area is 110 Å². The Bertz CT molecular complexity index is 545. The molecule has 1 saturated heterocycles. The van der Waals surface area contributed by atoms with Gasteiger partial charge < -0.3 is 14.6 Å². The van der Waals surface area contributed by atoms with Crippen LogP contribution in [0.5, 0.6) is 0 Å². The molecule has 0 aliphatic carbocycles. The van der Waals surface area contributed by atoms with Crippen LogP contribution in [0.4, 0.5) is 11.6 Å². The molecule has 1 N–H and O–H groups in total. The van der Waals surface area contributed by atoms with Crippen LogP contribution in [-0.2, 0) is 0 Å². The summed E-state index contributed by atoms with van der Waals surface area (Å²) in [7, 11) is 0. The van der Waals surface area contributed by atoms with Gasteiger partial charge in [-0.25, -0.2) is 9.97 Å². The first-order valence-electron chi connectivity index (χ1n) is 6.25. The molecular weight excluding hydrogens is 244 g/mol. The van der Waals surface area contributed by atoms with Crippen molar-refractivity contribution in [2.24, 2.45) is 0 Å². The summed E-state index contributed by atoms with van der Waals surface area (Å²) in [6, 6.07) is 3.27. The highest BCUT2D eigenvalue weighted by molar-refractivity contribution is 6.02. The van der Waals surface area contributed by atoms with E-state index >= 15 is 0 Å². The van der Waals surface area contributed by atoms with Crippen molar-refractivity contribution in [2.75, 3.05) is 23.3 Å². The number of amides is 1. The molecule has 0 bridgehead atoms. The van der Waals surface area contributed by atoms with Crippen molar-refractivity contribution in [1.82, 2.24) is 9.97 Å². The van der Waals surface area contributed by atoms with E-state index in [4.69, 9.17) is 4.42 Å². The molecule has 1 amide bonds. The molecule has 19 heavy (non-hydrogen) atoms. The number of aromatic nitrogens is 2. The fraction of sp³-hybridized carbons (Fsp3) is 0.308. The normalized spacial score (nSPS) is 14.6. The number of carbonyl (C=O) groups excluding carboxylic acids is 1. The summed E-state index contributed by atoms with van der Waals surface area (Å²) in [6.07, 6.45) is 7.05. The van der Waals surface area contributed by atoms with E-state index in [9.17, 15) is 4.79 Å². The van der Waals surface area contributed by atoms with E-state index in [0.29, 0.717) is 11.6 Å². The first-order chi connectivity index (χ1) is 9.33. The summed E-state index contributed by atoms with van der Waals surface area (Å²) in [5, 5.41) is 2.69. The maximum atomic E-state index is 11.7. The van der Waals surface area contributed by atoms with Crippen LogP contribution >= 0.6 is 0 Å². The second-order valence-corrected chi connectivity index (χ2v) is 4.40. The molecule has 1 aliphatic rings. The Kier molecular flexibility index (Phi) is 3.14. The van der Waals surface area contributed by atoms with Gasteiger partial charge in [0.2, 0.25) is 5.95 Å². The van der Waals surface area contributed by atoms with Gasteiger partial charge in [-0.3, -0.25) is 4.79 Å². The Morgan fingerprint density at radius 2 is 2.00 bits per heavy atom. The molecule has 98 valence electrons. The molecule has 2 aromatic rings. The molecule has 6 heteroatoms. The fourth-order valence-electron chi connectivity index (χ4n) is 2.07. The summed E-state index contributed by atoms with van der Waals surface area (Å²) < 4.78 is 5.01. The second kappa shape index (κ2) is 5.09. The first-order valence-corrected chi connectivity index (χ1v) is 6.25. The Morgan fingerprint density at radius 1 is 1.26 bits per heavy atom. The van der Waals surface area contributed by atoms with Crippen molar-refractivity contribution in [2.45, 2.75) is 12.8 Å². The van der Waals surface area contributed by atoms with E-state index in [1.807, 2.05) is 0 Å². The zero-order chi connectivity index (χ0) is 13.1. The summed E-state index contributed by atoms with van der Waals surface area (Å²) >= 11 is 0. The van der Waals surface area contributed by atoms with Gasteiger partial charge >= 0.3 is 0 Å². The third kappa shape index (κ3) is 2.57. The monoisotopic (exact) mass is 258 g/mol. The van der Waals surface area contributed by atoms with Gasteiger partial charge in [0.15, 0.2) is 5.76 Å².